The number of aliphatic hydroxyl groups is 1. The molecule has 1 aromatic rings. The van der Waals surface area contributed by atoms with Crippen molar-refractivity contribution in [1.29, 1.82) is 0 Å². The van der Waals surface area contributed by atoms with Crippen LogP contribution in [0.15, 0.2) is 6.20 Å². The van der Waals surface area contributed by atoms with Gasteiger partial charge in [-0.05, 0) is 44.4 Å². The van der Waals surface area contributed by atoms with E-state index < -0.39 is 0 Å². The van der Waals surface area contributed by atoms with E-state index in [1.54, 1.807) is 6.20 Å². The van der Waals surface area contributed by atoms with Crippen molar-refractivity contribution in [3.63, 3.8) is 0 Å². The molecule has 1 saturated carbocycles. The lowest BCUT2D eigenvalue weighted by Gasteiger charge is -2.31. The molecule has 0 aromatic carbocycles. The first-order valence-corrected chi connectivity index (χ1v) is 9.00. The Morgan fingerprint density at radius 3 is 2.61 bits per heavy atom. The van der Waals surface area contributed by atoms with Gasteiger partial charge in [0.05, 0.1) is 17.8 Å². The molecule has 5 heteroatoms. The molecule has 1 aliphatic rings. The molecule has 23 heavy (non-hydrogen) atoms. The van der Waals surface area contributed by atoms with Gasteiger partial charge in [0.1, 0.15) is 0 Å². The summed E-state index contributed by atoms with van der Waals surface area (Å²) in [4.78, 5) is 12.5. The molecule has 130 valence electrons. The zero-order valence-corrected chi connectivity index (χ0v) is 14.8. The van der Waals surface area contributed by atoms with Crippen LogP contribution in [0.2, 0.25) is 0 Å². The molecule has 5 nitrogen and oxygen atoms in total. The normalized spacial score (nSPS) is 16.0. The number of aromatic nitrogens is 2. The quantitative estimate of drug-likeness (QED) is 0.772. The van der Waals surface area contributed by atoms with Crippen molar-refractivity contribution in [2.24, 2.45) is 5.41 Å². The van der Waals surface area contributed by atoms with Gasteiger partial charge in [0.2, 0.25) is 0 Å². The van der Waals surface area contributed by atoms with Gasteiger partial charge in [0.15, 0.2) is 0 Å². The van der Waals surface area contributed by atoms with Crippen molar-refractivity contribution >= 4 is 5.91 Å². The minimum Gasteiger partial charge on any atom is -0.396 e. The van der Waals surface area contributed by atoms with Crippen LogP contribution in [0, 0.1) is 12.3 Å². The summed E-state index contributed by atoms with van der Waals surface area (Å²) in [5.74, 6) is -0.0454. The van der Waals surface area contributed by atoms with E-state index in [2.05, 4.69) is 24.3 Å². The summed E-state index contributed by atoms with van der Waals surface area (Å²) >= 11 is 0. The number of hydrogen-bond donors (Lipinski definition) is 2. The van der Waals surface area contributed by atoms with Crippen LogP contribution in [0.4, 0.5) is 0 Å². The van der Waals surface area contributed by atoms with Gasteiger partial charge in [-0.25, -0.2) is 0 Å². The van der Waals surface area contributed by atoms with Crippen molar-refractivity contribution in [3.05, 3.63) is 17.5 Å². The predicted molar refractivity (Wildman–Crippen MR) is 91.5 cm³/mol. The highest BCUT2D eigenvalue weighted by Crippen LogP contribution is 2.31. The largest absolute Gasteiger partial charge is 0.396 e. The molecular formula is C18H31N3O2. The van der Waals surface area contributed by atoms with E-state index in [0.29, 0.717) is 18.2 Å². The monoisotopic (exact) mass is 321 g/mol. The highest BCUT2D eigenvalue weighted by atomic mass is 16.3. The molecule has 0 bridgehead atoms. The highest BCUT2D eigenvalue weighted by Gasteiger charge is 2.27. The van der Waals surface area contributed by atoms with Gasteiger partial charge in [-0.3, -0.25) is 9.48 Å². The van der Waals surface area contributed by atoms with E-state index in [9.17, 15) is 9.90 Å². The molecule has 0 spiro atoms. The fourth-order valence-electron chi connectivity index (χ4n) is 3.71. The van der Waals surface area contributed by atoms with E-state index in [-0.39, 0.29) is 17.9 Å². The summed E-state index contributed by atoms with van der Waals surface area (Å²) in [7, 11) is 0. The third-order valence-corrected chi connectivity index (χ3v) is 5.73. The summed E-state index contributed by atoms with van der Waals surface area (Å²) < 4.78 is 2.03. The number of carbonyl (C=O) groups is 1. The lowest BCUT2D eigenvalue weighted by molar-refractivity contribution is 0.0906. The minimum atomic E-state index is -0.0454. The van der Waals surface area contributed by atoms with Crippen LogP contribution in [0.5, 0.6) is 0 Å². The second-order valence-corrected chi connectivity index (χ2v) is 6.89. The maximum Gasteiger partial charge on any atom is 0.254 e. The number of carbonyl (C=O) groups excluding carboxylic acids is 1. The van der Waals surface area contributed by atoms with E-state index in [1.807, 2.05) is 11.6 Å². The van der Waals surface area contributed by atoms with Crippen molar-refractivity contribution in [1.82, 2.24) is 15.1 Å². The molecule has 1 aromatic heterocycles. The number of rotatable bonds is 8. The van der Waals surface area contributed by atoms with Gasteiger partial charge in [-0.15, -0.1) is 0 Å². The number of nitrogens with one attached hydrogen (secondary N) is 1. The molecule has 0 unspecified atom stereocenters. The van der Waals surface area contributed by atoms with E-state index in [0.717, 1.165) is 37.8 Å². The lowest BCUT2D eigenvalue weighted by Crippen LogP contribution is -2.37. The minimum absolute atomic E-state index is 0.0141. The molecule has 2 rings (SSSR count). The molecule has 1 fully saturated rings. The Kier molecular flexibility index (Phi) is 6.22. The summed E-state index contributed by atoms with van der Waals surface area (Å²) in [6.07, 6.45) is 9.15. The van der Waals surface area contributed by atoms with Crippen molar-refractivity contribution in [2.75, 3.05) is 13.2 Å². The molecule has 1 amide bonds. The molecule has 1 aliphatic carbocycles. The smallest absolute Gasteiger partial charge is 0.254 e. The van der Waals surface area contributed by atoms with Crippen molar-refractivity contribution in [2.45, 2.75) is 71.8 Å². The van der Waals surface area contributed by atoms with Crippen LogP contribution < -0.4 is 5.32 Å². The van der Waals surface area contributed by atoms with Crippen LogP contribution >= 0.6 is 0 Å². The molecule has 0 radical (unpaired) electrons. The summed E-state index contributed by atoms with van der Waals surface area (Å²) in [6.45, 7) is 6.99. The Balaban J connectivity index is 2.03. The third kappa shape index (κ3) is 3.94. The molecule has 0 aliphatic heterocycles. The standard InChI is InChI=1S/C18H31N3O2/c1-4-18(5-2,10-11-22)13-19-17(23)16-12-20-21(14(16)3)15-8-6-7-9-15/h12,15,22H,4-11,13H2,1-3H3,(H,19,23). The molecular weight excluding hydrogens is 290 g/mol. The van der Waals surface area contributed by atoms with Crippen LogP contribution in [0.3, 0.4) is 0 Å². The van der Waals surface area contributed by atoms with Gasteiger partial charge in [0, 0.05) is 18.8 Å². The Bertz CT molecular complexity index is 514. The second kappa shape index (κ2) is 7.95. The Labute approximate surface area is 139 Å². The van der Waals surface area contributed by atoms with Crippen molar-refractivity contribution in [3.8, 4) is 0 Å². The van der Waals surface area contributed by atoms with E-state index in [1.165, 1.54) is 12.8 Å². The molecule has 1 heterocycles. The van der Waals surface area contributed by atoms with E-state index >= 15 is 0 Å². The average molecular weight is 321 g/mol. The Morgan fingerprint density at radius 1 is 1.39 bits per heavy atom. The maximum atomic E-state index is 12.5. The van der Waals surface area contributed by atoms with Gasteiger partial charge in [-0.1, -0.05) is 26.7 Å². The van der Waals surface area contributed by atoms with Crippen LogP contribution in [-0.2, 0) is 0 Å². The Hall–Kier alpha value is -1.36. The fraction of sp³-hybridized carbons (Fsp3) is 0.778. The van der Waals surface area contributed by atoms with Crippen LogP contribution in [0.1, 0.15) is 80.9 Å². The maximum absolute atomic E-state index is 12.5. The molecule has 0 atom stereocenters. The van der Waals surface area contributed by atoms with E-state index in [4.69, 9.17) is 0 Å². The zero-order valence-electron chi connectivity index (χ0n) is 14.8. The summed E-state index contributed by atoms with van der Waals surface area (Å²) in [5, 5.41) is 16.8. The number of nitrogens with zero attached hydrogens (tertiary/aromatic N) is 2. The average Bonchev–Trinajstić information content (AvgIpc) is 3.20. The summed E-state index contributed by atoms with van der Waals surface area (Å²) in [5.41, 5.74) is 1.64. The number of aliphatic hydroxyl groups excluding tert-OH is 1. The highest BCUT2D eigenvalue weighted by molar-refractivity contribution is 5.95. The first-order chi connectivity index (χ1) is 11.1. The van der Waals surface area contributed by atoms with Gasteiger partial charge < -0.3 is 10.4 Å². The first-order valence-electron chi connectivity index (χ1n) is 9.00. The Morgan fingerprint density at radius 2 is 2.04 bits per heavy atom. The van der Waals surface area contributed by atoms with Gasteiger partial charge in [0.25, 0.3) is 5.91 Å². The van der Waals surface area contributed by atoms with Gasteiger partial charge >= 0.3 is 0 Å². The lowest BCUT2D eigenvalue weighted by atomic mass is 9.79. The second-order valence-electron chi connectivity index (χ2n) is 6.89. The number of amides is 1. The molecule has 0 saturated heterocycles. The fourth-order valence-corrected chi connectivity index (χ4v) is 3.71. The van der Waals surface area contributed by atoms with Crippen LogP contribution in [-0.4, -0.2) is 33.9 Å². The predicted octanol–water partition coefficient (Wildman–Crippen LogP) is 3.23. The van der Waals surface area contributed by atoms with Gasteiger partial charge in [-0.2, -0.15) is 5.10 Å². The topological polar surface area (TPSA) is 67.2 Å². The van der Waals surface area contributed by atoms with Crippen LogP contribution in [0.25, 0.3) is 0 Å². The zero-order chi connectivity index (χ0) is 16.9. The SMILES string of the molecule is CCC(CC)(CCO)CNC(=O)c1cnn(C2CCCC2)c1C. The molecule has 2 N–H and O–H groups in total. The number of hydrogen-bond acceptors (Lipinski definition) is 3. The third-order valence-electron chi connectivity index (χ3n) is 5.73. The summed E-state index contributed by atoms with van der Waals surface area (Å²) in [6, 6.07) is 0.455. The van der Waals surface area contributed by atoms with Crippen molar-refractivity contribution < 1.29 is 9.90 Å². The first kappa shape index (κ1) is 18.0.